The zero-order valence-electron chi connectivity index (χ0n) is 12.2. The molecule has 1 heterocycles. The van der Waals surface area contributed by atoms with Crippen LogP contribution in [0.25, 0.3) is 0 Å². The number of carboxylic acids is 1. The van der Waals surface area contributed by atoms with Crippen LogP contribution in [0.15, 0.2) is 0 Å². The van der Waals surface area contributed by atoms with Gasteiger partial charge in [-0.1, -0.05) is 6.42 Å². The molecule has 1 saturated carbocycles. The van der Waals surface area contributed by atoms with E-state index in [2.05, 4.69) is 5.32 Å². The molecule has 20 heavy (non-hydrogen) atoms. The van der Waals surface area contributed by atoms with Gasteiger partial charge < -0.3 is 20.1 Å². The van der Waals surface area contributed by atoms with Crippen molar-refractivity contribution in [3.63, 3.8) is 0 Å². The Morgan fingerprint density at radius 2 is 2.15 bits per heavy atom. The fourth-order valence-corrected chi connectivity index (χ4v) is 3.13. The Kier molecular flexibility index (Phi) is 4.52. The van der Waals surface area contributed by atoms with Crippen molar-refractivity contribution < 1.29 is 19.4 Å². The number of amides is 2. The number of carbonyl (C=O) groups is 2. The van der Waals surface area contributed by atoms with Crippen molar-refractivity contribution in [2.45, 2.75) is 38.7 Å². The predicted molar refractivity (Wildman–Crippen MR) is 73.5 cm³/mol. The Morgan fingerprint density at radius 1 is 1.40 bits per heavy atom. The van der Waals surface area contributed by atoms with E-state index in [1.54, 1.807) is 4.90 Å². The van der Waals surface area contributed by atoms with E-state index >= 15 is 0 Å². The van der Waals surface area contributed by atoms with Crippen LogP contribution in [0.5, 0.6) is 0 Å². The molecule has 0 aromatic carbocycles. The number of hydrogen-bond acceptors (Lipinski definition) is 3. The van der Waals surface area contributed by atoms with Crippen LogP contribution in [-0.4, -0.2) is 53.8 Å². The molecular formula is C14H24N2O4. The zero-order chi connectivity index (χ0) is 14.8. The van der Waals surface area contributed by atoms with Gasteiger partial charge >= 0.3 is 12.0 Å². The molecule has 1 aliphatic heterocycles. The minimum atomic E-state index is -0.741. The van der Waals surface area contributed by atoms with Gasteiger partial charge in [0.25, 0.3) is 0 Å². The minimum Gasteiger partial charge on any atom is -0.481 e. The summed E-state index contributed by atoms with van der Waals surface area (Å²) in [5.74, 6) is -0.990. The largest absolute Gasteiger partial charge is 0.481 e. The maximum Gasteiger partial charge on any atom is 0.317 e. The number of rotatable bonds is 3. The second-order valence-electron chi connectivity index (χ2n) is 6.35. The smallest absolute Gasteiger partial charge is 0.317 e. The molecule has 1 aliphatic carbocycles. The van der Waals surface area contributed by atoms with Crippen molar-refractivity contribution in [3.8, 4) is 0 Å². The number of morpholine rings is 1. The first-order chi connectivity index (χ1) is 9.39. The Labute approximate surface area is 119 Å². The monoisotopic (exact) mass is 284 g/mol. The summed E-state index contributed by atoms with van der Waals surface area (Å²) in [6.45, 7) is 6.07. The van der Waals surface area contributed by atoms with Gasteiger partial charge in [0.15, 0.2) is 0 Å². The van der Waals surface area contributed by atoms with Crippen LogP contribution in [0.1, 0.15) is 33.1 Å². The molecule has 0 bridgehead atoms. The highest BCUT2D eigenvalue weighted by atomic mass is 16.5. The quantitative estimate of drug-likeness (QED) is 0.819. The Hall–Kier alpha value is -1.30. The first-order valence-corrected chi connectivity index (χ1v) is 7.28. The third-order valence-electron chi connectivity index (χ3n) is 4.20. The third kappa shape index (κ3) is 3.62. The molecule has 2 fully saturated rings. The highest BCUT2D eigenvalue weighted by molar-refractivity contribution is 5.75. The number of hydrogen-bond donors (Lipinski definition) is 2. The van der Waals surface area contributed by atoms with Gasteiger partial charge in [0.2, 0.25) is 0 Å². The second-order valence-corrected chi connectivity index (χ2v) is 6.35. The molecule has 0 radical (unpaired) electrons. The minimum absolute atomic E-state index is 0.0606. The van der Waals surface area contributed by atoms with Crippen molar-refractivity contribution in [2.24, 2.45) is 11.8 Å². The molecule has 2 unspecified atom stereocenters. The van der Waals surface area contributed by atoms with E-state index in [0.717, 1.165) is 19.3 Å². The van der Waals surface area contributed by atoms with Gasteiger partial charge in [-0.2, -0.15) is 0 Å². The standard InChI is InChI=1S/C14H24N2O4/c1-14(2)9-16(6-7-20-14)13(19)15-8-10-4-3-5-11(10)12(17)18/h10-11H,3-9H2,1-2H3,(H,15,19)(H,17,18). The van der Waals surface area contributed by atoms with Crippen molar-refractivity contribution >= 4 is 12.0 Å². The Balaban J connectivity index is 1.81. The van der Waals surface area contributed by atoms with Crippen molar-refractivity contribution in [1.82, 2.24) is 10.2 Å². The molecule has 2 amide bonds. The van der Waals surface area contributed by atoms with Crippen LogP contribution in [0.4, 0.5) is 4.79 Å². The zero-order valence-corrected chi connectivity index (χ0v) is 12.2. The average Bonchev–Trinajstić information content (AvgIpc) is 2.83. The summed E-state index contributed by atoms with van der Waals surface area (Å²) in [5.41, 5.74) is -0.313. The topological polar surface area (TPSA) is 78.9 Å². The van der Waals surface area contributed by atoms with E-state index in [0.29, 0.717) is 26.2 Å². The van der Waals surface area contributed by atoms with E-state index in [1.807, 2.05) is 13.8 Å². The maximum absolute atomic E-state index is 12.1. The van der Waals surface area contributed by atoms with E-state index in [1.165, 1.54) is 0 Å². The summed E-state index contributed by atoms with van der Waals surface area (Å²) < 4.78 is 5.57. The molecule has 0 aromatic rings. The number of nitrogens with zero attached hydrogens (tertiary/aromatic N) is 1. The predicted octanol–water partition coefficient (Wildman–Crippen LogP) is 1.31. The van der Waals surface area contributed by atoms with Crippen molar-refractivity contribution in [3.05, 3.63) is 0 Å². The van der Waals surface area contributed by atoms with Gasteiger partial charge in [-0.3, -0.25) is 4.79 Å². The summed E-state index contributed by atoms with van der Waals surface area (Å²) in [6, 6.07) is -0.114. The van der Waals surface area contributed by atoms with Gasteiger partial charge in [0.05, 0.1) is 24.7 Å². The first kappa shape index (κ1) is 15.1. The summed E-state index contributed by atoms with van der Waals surface area (Å²) in [4.78, 5) is 25.0. The van der Waals surface area contributed by atoms with E-state index in [-0.39, 0.29) is 23.5 Å². The number of urea groups is 1. The molecule has 6 nitrogen and oxygen atoms in total. The molecule has 1 saturated heterocycles. The van der Waals surface area contributed by atoms with Crippen LogP contribution < -0.4 is 5.32 Å². The molecule has 2 N–H and O–H groups in total. The number of ether oxygens (including phenoxy) is 1. The summed E-state index contributed by atoms with van der Waals surface area (Å²) >= 11 is 0. The van der Waals surface area contributed by atoms with Crippen molar-refractivity contribution in [2.75, 3.05) is 26.2 Å². The lowest BCUT2D eigenvalue weighted by Gasteiger charge is -2.38. The molecule has 0 spiro atoms. The molecular weight excluding hydrogens is 260 g/mol. The lowest BCUT2D eigenvalue weighted by Crippen LogP contribution is -2.54. The van der Waals surface area contributed by atoms with Crippen LogP contribution in [0.3, 0.4) is 0 Å². The lowest BCUT2D eigenvalue weighted by atomic mass is 9.96. The second kappa shape index (κ2) is 5.99. The molecule has 2 rings (SSSR count). The average molecular weight is 284 g/mol. The van der Waals surface area contributed by atoms with E-state index < -0.39 is 5.97 Å². The van der Waals surface area contributed by atoms with Gasteiger partial charge in [0.1, 0.15) is 0 Å². The first-order valence-electron chi connectivity index (χ1n) is 7.28. The van der Waals surface area contributed by atoms with E-state index in [4.69, 9.17) is 9.84 Å². The van der Waals surface area contributed by atoms with Crippen LogP contribution >= 0.6 is 0 Å². The van der Waals surface area contributed by atoms with Crippen LogP contribution in [0, 0.1) is 11.8 Å². The van der Waals surface area contributed by atoms with Crippen molar-refractivity contribution in [1.29, 1.82) is 0 Å². The van der Waals surface area contributed by atoms with Gasteiger partial charge in [-0.25, -0.2) is 4.79 Å². The van der Waals surface area contributed by atoms with Gasteiger partial charge in [-0.05, 0) is 32.6 Å². The van der Waals surface area contributed by atoms with Crippen LogP contribution in [0.2, 0.25) is 0 Å². The normalized spacial score (nSPS) is 29.2. The summed E-state index contributed by atoms with van der Waals surface area (Å²) in [7, 11) is 0. The molecule has 2 atom stereocenters. The summed E-state index contributed by atoms with van der Waals surface area (Å²) in [6.07, 6.45) is 2.54. The number of nitrogens with one attached hydrogen (secondary N) is 1. The van der Waals surface area contributed by atoms with E-state index in [9.17, 15) is 9.59 Å². The summed E-state index contributed by atoms with van der Waals surface area (Å²) in [5, 5.41) is 12.0. The molecule has 2 aliphatic rings. The maximum atomic E-state index is 12.1. The molecule has 0 aromatic heterocycles. The number of aliphatic carboxylic acids is 1. The fourth-order valence-electron chi connectivity index (χ4n) is 3.13. The highest BCUT2D eigenvalue weighted by Gasteiger charge is 2.34. The SMILES string of the molecule is CC1(C)CN(C(=O)NCC2CCCC2C(=O)O)CCO1. The lowest BCUT2D eigenvalue weighted by molar-refractivity contribution is -0.142. The van der Waals surface area contributed by atoms with Gasteiger partial charge in [-0.15, -0.1) is 0 Å². The van der Waals surface area contributed by atoms with Crippen LogP contribution in [-0.2, 0) is 9.53 Å². The Bertz CT molecular complexity index is 383. The number of carbonyl (C=O) groups excluding carboxylic acids is 1. The molecule has 114 valence electrons. The fraction of sp³-hybridized carbons (Fsp3) is 0.857. The number of carboxylic acid groups (broad SMARTS) is 1. The molecule has 6 heteroatoms. The Morgan fingerprint density at radius 3 is 2.80 bits per heavy atom. The third-order valence-corrected chi connectivity index (χ3v) is 4.20. The van der Waals surface area contributed by atoms with Gasteiger partial charge in [0, 0.05) is 13.1 Å². The highest BCUT2D eigenvalue weighted by Crippen LogP contribution is 2.31.